The first-order chi connectivity index (χ1) is 16.2. The molecule has 1 N–H and O–H groups in total. The zero-order valence-corrected chi connectivity index (χ0v) is 20.9. The Morgan fingerprint density at radius 3 is 2.38 bits per heavy atom. The van der Waals surface area contributed by atoms with Crippen LogP contribution in [0.2, 0.25) is 0 Å². The van der Waals surface area contributed by atoms with E-state index in [-0.39, 0.29) is 17.2 Å². The zero-order chi connectivity index (χ0) is 24.3. The van der Waals surface area contributed by atoms with Crippen molar-refractivity contribution in [3.8, 4) is 0 Å². The number of likely N-dealkylation sites (tertiary alicyclic amines) is 2. The number of aromatic nitrogens is 2. The van der Waals surface area contributed by atoms with Gasteiger partial charge in [-0.2, -0.15) is 0 Å². The lowest BCUT2D eigenvalue weighted by Gasteiger charge is -2.46. The Balaban J connectivity index is 1.40. The van der Waals surface area contributed by atoms with Crippen LogP contribution < -0.4 is 5.32 Å². The van der Waals surface area contributed by atoms with Crippen molar-refractivity contribution in [2.24, 2.45) is 5.41 Å². The molecule has 34 heavy (non-hydrogen) atoms. The summed E-state index contributed by atoms with van der Waals surface area (Å²) < 4.78 is 0. The highest BCUT2D eigenvalue weighted by Gasteiger charge is 2.44. The van der Waals surface area contributed by atoms with Crippen molar-refractivity contribution in [3.63, 3.8) is 0 Å². The first kappa shape index (κ1) is 24.2. The SMILES string of the molecule is CNc1cc([C@@]2(C)CCCN(C(=O)C3(C)CCN(C(=O)Cc4ccccc4)CC3)C2)nc(C)n1. The summed E-state index contributed by atoms with van der Waals surface area (Å²) in [5, 5.41) is 3.12. The molecule has 2 fully saturated rings. The van der Waals surface area contributed by atoms with Gasteiger partial charge in [0.2, 0.25) is 11.8 Å². The lowest BCUT2D eigenvalue weighted by molar-refractivity contribution is -0.149. The Hall–Kier alpha value is -2.96. The van der Waals surface area contributed by atoms with Crippen LogP contribution in [0.1, 0.15) is 56.6 Å². The highest BCUT2D eigenvalue weighted by Crippen LogP contribution is 2.38. The number of piperidine rings is 2. The summed E-state index contributed by atoms with van der Waals surface area (Å²) in [5.74, 6) is 1.91. The second-order valence-corrected chi connectivity index (χ2v) is 10.4. The highest BCUT2D eigenvalue weighted by atomic mass is 16.2. The van der Waals surface area contributed by atoms with Gasteiger partial charge >= 0.3 is 0 Å². The molecule has 4 rings (SSSR count). The van der Waals surface area contributed by atoms with Gasteiger partial charge in [-0.1, -0.05) is 44.2 Å². The van der Waals surface area contributed by atoms with Crippen LogP contribution in [-0.4, -0.2) is 64.8 Å². The second-order valence-electron chi connectivity index (χ2n) is 10.4. The highest BCUT2D eigenvalue weighted by molar-refractivity contribution is 5.84. The molecule has 3 heterocycles. The smallest absolute Gasteiger partial charge is 0.228 e. The van der Waals surface area contributed by atoms with E-state index in [9.17, 15) is 9.59 Å². The van der Waals surface area contributed by atoms with E-state index in [0.717, 1.165) is 42.3 Å². The fourth-order valence-electron chi connectivity index (χ4n) is 5.35. The Bertz CT molecular complexity index is 1030. The van der Waals surface area contributed by atoms with Gasteiger partial charge in [0.25, 0.3) is 0 Å². The summed E-state index contributed by atoms with van der Waals surface area (Å²) >= 11 is 0. The normalized spacial score (nSPS) is 22.4. The van der Waals surface area contributed by atoms with Crippen molar-refractivity contribution >= 4 is 17.6 Å². The summed E-state index contributed by atoms with van der Waals surface area (Å²) in [4.78, 5) is 39.6. The standard InChI is InChI=1S/C27H37N5O2/c1-20-29-22(18-23(28-4)30-20)27(3)11-8-14-32(19-27)25(34)26(2)12-15-31(16-13-26)24(33)17-21-9-6-5-7-10-21/h5-7,9-10,18H,8,11-17,19H2,1-4H3,(H,28,29,30)/t27-/m0/s1. The van der Waals surface area contributed by atoms with Crippen LogP contribution in [0.15, 0.2) is 36.4 Å². The topological polar surface area (TPSA) is 78.4 Å². The van der Waals surface area contributed by atoms with Gasteiger partial charge in [-0.25, -0.2) is 9.97 Å². The molecule has 7 heteroatoms. The van der Waals surface area contributed by atoms with E-state index in [1.54, 1.807) is 0 Å². The molecule has 0 aliphatic carbocycles. The molecular formula is C27H37N5O2. The molecule has 2 aromatic rings. The number of hydrogen-bond donors (Lipinski definition) is 1. The largest absolute Gasteiger partial charge is 0.373 e. The predicted octanol–water partition coefficient (Wildman–Crippen LogP) is 3.58. The van der Waals surface area contributed by atoms with Crippen LogP contribution in [-0.2, 0) is 21.4 Å². The number of nitrogens with one attached hydrogen (secondary N) is 1. The molecule has 0 unspecified atom stereocenters. The van der Waals surface area contributed by atoms with Gasteiger partial charge in [0.1, 0.15) is 11.6 Å². The van der Waals surface area contributed by atoms with Gasteiger partial charge in [0.15, 0.2) is 0 Å². The van der Waals surface area contributed by atoms with Gasteiger partial charge in [-0.05, 0) is 38.2 Å². The van der Waals surface area contributed by atoms with Gasteiger partial charge in [-0.15, -0.1) is 0 Å². The molecule has 1 aromatic carbocycles. The van der Waals surface area contributed by atoms with E-state index < -0.39 is 5.41 Å². The average molecular weight is 464 g/mol. The van der Waals surface area contributed by atoms with Crippen molar-refractivity contribution in [1.29, 1.82) is 0 Å². The molecule has 0 bridgehead atoms. The first-order valence-electron chi connectivity index (χ1n) is 12.4. The predicted molar refractivity (Wildman–Crippen MR) is 134 cm³/mol. The maximum absolute atomic E-state index is 13.7. The molecule has 2 saturated heterocycles. The summed E-state index contributed by atoms with van der Waals surface area (Å²) in [7, 11) is 1.86. The van der Waals surface area contributed by atoms with E-state index in [2.05, 4.69) is 24.1 Å². The first-order valence-corrected chi connectivity index (χ1v) is 12.4. The monoisotopic (exact) mass is 463 g/mol. The van der Waals surface area contributed by atoms with Crippen molar-refractivity contribution in [2.45, 2.75) is 58.3 Å². The van der Waals surface area contributed by atoms with Crippen LogP contribution in [0.25, 0.3) is 0 Å². The van der Waals surface area contributed by atoms with Crippen molar-refractivity contribution in [1.82, 2.24) is 19.8 Å². The lowest BCUT2D eigenvalue weighted by atomic mass is 9.75. The quantitative estimate of drug-likeness (QED) is 0.733. The number of hydrogen-bond acceptors (Lipinski definition) is 5. The Morgan fingerprint density at radius 1 is 1.00 bits per heavy atom. The summed E-state index contributed by atoms with van der Waals surface area (Å²) in [6.07, 6.45) is 3.78. The minimum absolute atomic E-state index is 0.144. The van der Waals surface area contributed by atoms with Gasteiger partial charge in [0, 0.05) is 50.1 Å². The fourth-order valence-corrected chi connectivity index (χ4v) is 5.35. The lowest BCUT2D eigenvalue weighted by Crippen LogP contribution is -2.54. The molecule has 2 aliphatic heterocycles. The molecule has 0 radical (unpaired) electrons. The number of carbonyl (C=O) groups is 2. The molecule has 0 saturated carbocycles. The number of anilines is 1. The molecule has 2 aliphatic rings. The number of aryl methyl sites for hydroxylation is 1. The second kappa shape index (κ2) is 9.72. The van der Waals surface area contributed by atoms with Gasteiger partial charge < -0.3 is 15.1 Å². The molecule has 1 aromatic heterocycles. The van der Waals surface area contributed by atoms with E-state index in [0.29, 0.717) is 38.9 Å². The molecule has 7 nitrogen and oxygen atoms in total. The van der Waals surface area contributed by atoms with Crippen LogP contribution in [0.5, 0.6) is 0 Å². The number of benzene rings is 1. The minimum Gasteiger partial charge on any atom is -0.373 e. The molecule has 1 atom stereocenters. The van der Waals surface area contributed by atoms with E-state index in [4.69, 9.17) is 4.98 Å². The third kappa shape index (κ3) is 5.08. The van der Waals surface area contributed by atoms with Crippen LogP contribution in [0.3, 0.4) is 0 Å². The molecule has 2 amide bonds. The maximum Gasteiger partial charge on any atom is 0.228 e. The number of carbonyl (C=O) groups excluding carboxylic acids is 2. The Labute approximate surface area is 203 Å². The van der Waals surface area contributed by atoms with Gasteiger partial charge in [0.05, 0.1) is 12.1 Å². The maximum atomic E-state index is 13.7. The van der Waals surface area contributed by atoms with E-state index in [1.165, 1.54) is 0 Å². The summed E-state index contributed by atoms with van der Waals surface area (Å²) in [5.41, 5.74) is 1.40. The zero-order valence-electron chi connectivity index (χ0n) is 20.9. The third-order valence-electron chi connectivity index (χ3n) is 7.63. The average Bonchev–Trinajstić information content (AvgIpc) is 2.84. The Morgan fingerprint density at radius 2 is 1.71 bits per heavy atom. The van der Waals surface area contributed by atoms with Gasteiger partial charge in [-0.3, -0.25) is 9.59 Å². The molecular weight excluding hydrogens is 426 g/mol. The number of amides is 2. The third-order valence-corrected chi connectivity index (χ3v) is 7.63. The van der Waals surface area contributed by atoms with E-state index in [1.807, 2.05) is 60.2 Å². The number of nitrogens with zero attached hydrogens (tertiary/aromatic N) is 4. The molecule has 0 spiro atoms. The van der Waals surface area contributed by atoms with Crippen LogP contribution in [0.4, 0.5) is 5.82 Å². The fraction of sp³-hybridized carbons (Fsp3) is 0.556. The van der Waals surface area contributed by atoms with Crippen molar-refractivity contribution in [2.75, 3.05) is 38.5 Å². The molecule has 182 valence electrons. The van der Waals surface area contributed by atoms with Crippen molar-refractivity contribution < 1.29 is 9.59 Å². The Kier molecular flexibility index (Phi) is 6.91. The van der Waals surface area contributed by atoms with Crippen LogP contribution >= 0.6 is 0 Å². The van der Waals surface area contributed by atoms with E-state index >= 15 is 0 Å². The van der Waals surface area contributed by atoms with Crippen molar-refractivity contribution in [3.05, 3.63) is 53.5 Å². The summed E-state index contributed by atoms with van der Waals surface area (Å²) in [6, 6.07) is 11.9. The summed E-state index contributed by atoms with van der Waals surface area (Å²) in [6.45, 7) is 8.91. The van der Waals surface area contributed by atoms with Crippen LogP contribution in [0, 0.1) is 12.3 Å². The minimum atomic E-state index is -0.431. The number of rotatable bonds is 5.